The number of aromatic nitrogens is 1. The summed E-state index contributed by atoms with van der Waals surface area (Å²) in [7, 11) is 0. The smallest absolute Gasteiger partial charge is 0.340 e. The second-order valence-electron chi connectivity index (χ2n) is 8.67. The molecule has 1 aliphatic heterocycles. The third kappa shape index (κ3) is 3.08. The summed E-state index contributed by atoms with van der Waals surface area (Å²) in [6.45, 7) is 11.1. The first-order chi connectivity index (χ1) is 16.5. The first-order valence-electron chi connectivity index (χ1n) is 11.9. The van der Waals surface area contributed by atoms with E-state index in [1.54, 1.807) is 0 Å². The van der Waals surface area contributed by atoms with Crippen LogP contribution in [0.4, 0.5) is 5.69 Å². The van der Waals surface area contributed by atoms with Crippen molar-refractivity contribution in [3.8, 4) is 0 Å². The van der Waals surface area contributed by atoms with Gasteiger partial charge in [-0.25, -0.2) is 4.79 Å². The van der Waals surface area contributed by atoms with Gasteiger partial charge in [0.25, 0.3) is 0 Å². The van der Waals surface area contributed by atoms with Crippen molar-refractivity contribution < 1.29 is 9.53 Å². The van der Waals surface area contributed by atoms with E-state index in [2.05, 4.69) is 55.4 Å². The summed E-state index contributed by atoms with van der Waals surface area (Å²) in [4.78, 5) is 15.5. The molecule has 1 atom stereocenters. The quantitative estimate of drug-likeness (QED) is 0.285. The molecule has 0 amide bonds. The number of hydrogen-bond donors (Lipinski definition) is 0. The summed E-state index contributed by atoms with van der Waals surface area (Å²) in [5.41, 5.74) is 5.28. The van der Waals surface area contributed by atoms with E-state index in [0.717, 1.165) is 58.6 Å². The Bertz CT molecular complexity index is 1400. The molecule has 0 N–H and O–H groups in total. The number of hydrogen-bond acceptors (Lipinski definition) is 3. The number of esters is 1. The lowest BCUT2D eigenvalue weighted by atomic mass is 9.78. The number of cyclic esters (lactones) is 1. The second-order valence-corrected chi connectivity index (χ2v) is 9.08. The van der Waals surface area contributed by atoms with E-state index < -0.39 is 5.60 Å². The van der Waals surface area contributed by atoms with Crippen LogP contribution in [0.25, 0.3) is 10.9 Å². The Morgan fingerprint density at radius 2 is 1.65 bits per heavy atom. The first-order valence-corrected chi connectivity index (χ1v) is 12.3. The minimum absolute atomic E-state index is 0.327. The van der Waals surface area contributed by atoms with Gasteiger partial charge in [0, 0.05) is 58.6 Å². The van der Waals surface area contributed by atoms with Gasteiger partial charge in [0.15, 0.2) is 5.60 Å². The highest BCUT2D eigenvalue weighted by Gasteiger charge is 2.51. The highest BCUT2D eigenvalue weighted by molar-refractivity contribution is 6.32. The SMILES string of the molecule is CCN(CC)c1ccc(C2(c3c(C)n(CC)c4ccccc34)OC(=O)c3ccccc32)c(Cl)c1. The number of halogens is 1. The van der Waals surface area contributed by atoms with E-state index >= 15 is 0 Å². The summed E-state index contributed by atoms with van der Waals surface area (Å²) >= 11 is 7.04. The van der Waals surface area contributed by atoms with Gasteiger partial charge in [0.1, 0.15) is 0 Å². The van der Waals surface area contributed by atoms with Crippen LogP contribution in [-0.4, -0.2) is 23.6 Å². The number of carbonyl (C=O) groups excluding carboxylic acids is 1. The Morgan fingerprint density at radius 1 is 0.941 bits per heavy atom. The number of benzene rings is 3. The van der Waals surface area contributed by atoms with Crippen molar-refractivity contribution in [3.05, 3.63) is 99.7 Å². The van der Waals surface area contributed by atoms with Crippen molar-refractivity contribution in [1.82, 2.24) is 4.57 Å². The highest BCUT2D eigenvalue weighted by atomic mass is 35.5. The van der Waals surface area contributed by atoms with Crippen LogP contribution in [0, 0.1) is 6.92 Å². The largest absolute Gasteiger partial charge is 0.440 e. The van der Waals surface area contributed by atoms with E-state index in [0.29, 0.717) is 10.6 Å². The normalized spacial score (nSPS) is 17.1. The molecule has 0 saturated heterocycles. The van der Waals surface area contributed by atoms with Crippen molar-refractivity contribution in [2.75, 3.05) is 18.0 Å². The van der Waals surface area contributed by atoms with E-state index in [4.69, 9.17) is 16.3 Å². The van der Waals surface area contributed by atoms with Gasteiger partial charge >= 0.3 is 5.97 Å². The summed E-state index contributed by atoms with van der Waals surface area (Å²) in [5, 5.41) is 1.65. The van der Waals surface area contributed by atoms with Crippen molar-refractivity contribution in [2.24, 2.45) is 0 Å². The number of nitrogens with zero attached hydrogens (tertiary/aromatic N) is 2. The molecule has 0 fully saturated rings. The molecule has 0 radical (unpaired) electrons. The van der Waals surface area contributed by atoms with Crippen LogP contribution < -0.4 is 4.90 Å². The van der Waals surface area contributed by atoms with Crippen molar-refractivity contribution in [2.45, 2.75) is 39.8 Å². The molecule has 5 rings (SSSR count). The minimum atomic E-state index is -1.13. The van der Waals surface area contributed by atoms with Gasteiger partial charge in [-0.1, -0.05) is 54.1 Å². The molecule has 3 aromatic carbocycles. The molecule has 4 nitrogen and oxygen atoms in total. The van der Waals surface area contributed by atoms with Crippen molar-refractivity contribution in [1.29, 1.82) is 0 Å². The van der Waals surface area contributed by atoms with E-state index in [1.165, 1.54) is 0 Å². The molecule has 1 aromatic heterocycles. The predicted octanol–water partition coefficient (Wildman–Crippen LogP) is 6.93. The number of rotatable bonds is 6. The van der Waals surface area contributed by atoms with Crippen molar-refractivity contribution in [3.63, 3.8) is 0 Å². The zero-order valence-electron chi connectivity index (χ0n) is 20.1. The monoisotopic (exact) mass is 472 g/mol. The average Bonchev–Trinajstić information content (AvgIpc) is 3.31. The number of ether oxygens (including phenoxy) is 1. The summed E-state index contributed by atoms with van der Waals surface area (Å²) in [6.07, 6.45) is 0. The maximum atomic E-state index is 13.3. The second kappa shape index (κ2) is 8.52. The molecule has 4 aromatic rings. The molecule has 0 aliphatic carbocycles. The summed E-state index contributed by atoms with van der Waals surface area (Å²) < 4.78 is 8.70. The summed E-state index contributed by atoms with van der Waals surface area (Å²) in [6, 6.07) is 22.1. The van der Waals surface area contributed by atoms with Crippen LogP contribution in [0.5, 0.6) is 0 Å². The molecule has 34 heavy (non-hydrogen) atoms. The zero-order valence-corrected chi connectivity index (χ0v) is 20.8. The summed E-state index contributed by atoms with van der Waals surface area (Å²) in [5.74, 6) is -0.327. The number of fused-ring (bicyclic) bond motifs is 2. The molecule has 5 heteroatoms. The number of anilines is 1. The lowest BCUT2D eigenvalue weighted by molar-refractivity contribution is 0.0254. The zero-order chi connectivity index (χ0) is 24.0. The Labute approximate surface area is 205 Å². The molecule has 1 aliphatic rings. The van der Waals surface area contributed by atoms with Crippen LogP contribution in [0.15, 0.2) is 66.7 Å². The fraction of sp³-hybridized carbons (Fsp3) is 0.276. The minimum Gasteiger partial charge on any atom is -0.440 e. The fourth-order valence-electron chi connectivity index (χ4n) is 5.60. The number of para-hydroxylation sites is 1. The topological polar surface area (TPSA) is 34.5 Å². The lowest BCUT2D eigenvalue weighted by Gasteiger charge is -2.32. The first kappa shape index (κ1) is 22.5. The molecular formula is C29H29ClN2O2. The predicted molar refractivity (Wildman–Crippen MR) is 139 cm³/mol. The van der Waals surface area contributed by atoms with Gasteiger partial charge in [-0.05, 0) is 52.0 Å². The molecule has 174 valence electrons. The number of carbonyl (C=O) groups is 1. The third-order valence-electron chi connectivity index (χ3n) is 7.13. The van der Waals surface area contributed by atoms with Gasteiger partial charge < -0.3 is 14.2 Å². The maximum absolute atomic E-state index is 13.3. The van der Waals surface area contributed by atoms with Gasteiger partial charge in [0.05, 0.1) is 10.6 Å². The Morgan fingerprint density at radius 3 is 2.35 bits per heavy atom. The van der Waals surface area contributed by atoms with Gasteiger partial charge in [-0.2, -0.15) is 0 Å². The third-order valence-corrected chi connectivity index (χ3v) is 7.44. The van der Waals surface area contributed by atoms with Crippen LogP contribution in [0.1, 0.15) is 53.5 Å². The number of aryl methyl sites for hydroxylation is 1. The van der Waals surface area contributed by atoms with E-state index in [9.17, 15) is 4.79 Å². The van der Waals surface area contributed by atoms with E-state index in [-0.39, 0.29) is 5.97 Å². The molecule has 0 spiro atoms. The van der Waals surface area contributed by atoms with Crippen molar-refractivity contribution >= 4 is 34.2 Å². The lowest BCUT2D eigenvalue weighted by Crippen LogP contribution is -2.31. The maximum Gasteiger partial charge on any atom is 0.340 e. The van der Waals surface area contributed by atoms with Crippen LogP contribution >= 0.6 is 11.6 Å². The van der Waals surface area contributed by atoms with Crippen LogP contribution in [0.2, 0.25) is 5.02 Å². The Balaban J connectivity index is 1.88. The highest BCUT2D eigenvalue weighted by Crippen LogP contribution is 2.52. The average molecular weight is 473 g/mol. The molecule has 0 bridgehead atoms. The Hall–Kier alpha value is -3.24. The van der Waals surface area contributed by atoms with Crippen LogP contribution in [-0.2, 0) is 16.9 Å². The molecule has 1 unspecified atom stereocenters. The Kier molecular flexibility index (Phi) is 5.65. The van der Waals surface area contributed by atoms with Gasteiger partial charge in [0.2, 0.25) is 0 Å². The fourth-order valence-corrected chi connectivity index (χ4v) is 5.90. The standard InChI is InChI=1S/C29H29ClN2O2/c1-5-31(6-2)20-16-17-24(25(30)18-20)29(23-14-10-8-12-21(23)28(33)34-29)27-19(4)32(7-3)26-15-11-9-13-22(26)27/h8-18H,5-7H2,1-4H3. The molecule has 0 saturated carbocycles. The van der Waals surface area contributed by atoms with Crippen LogP contribution in [0.3, 0.4) is 0 Å². The molecule has 2 heterocycles. The van der Waals surface area contributed by atoms with E-state index in [1.807, 2.05) is 48.5 Å². The van der Waals surface area contributed by atoms with Gasteiger partial charge in [-0.3, -0.25) is 0 Å². The van der Waals surface area contributed by atoms with Gasteiger partial charge in [-0.15, -0.1) is 0 Å². The molecular weight excluding hydrogens is 444 g/mol.